The summed E-state index contributed by atoms with van der Waals surface area (Å²) in [6, 6.07) is 7.29. The number of benzene rings is 1. The Morgan fingerprint density at radius 3 is 2.60 bits per heavy atom. The van der Waals surface area contributed by atoms with Crippen LogP contribution in [-0.2, 0) is 26.1 Å². The lowest BCUT2D eigenvalue weighted by Gasteiger charge is -2.39. The van der Waals surface area contributed by atoms with Gasteiger partial charge in [0.1, 0.15) is 12.1 Å². The van der Waals surface area contributed by atoms with Gasteiger partial charge in [-0.25, -0.2) is 9.97 Å². The summed E-state index contributed by atoms with van der Waals surface area (Å²) in [5.41, 5.74) is 3.21. The van der Waals surface area contributed by atoms with Crippen molar-refractivity contribution < 1.29 is 22.5 Å². The van der Waals surface area contributed by atoms with E-state index in [1.807, 2.05) is 21.9 Å². The van der Waals surface area contributed by atoms with E-state index in [2.05, 4.69) is 21.8 Å². The van der Waals surface area contributed by atoms with Gasteiger partial charge >= 0.3 is 0 Å². The number of carbonyl (C=O) groups excluding carboxylic acids is 1. The number of anilines is 1. The Balaban J connectivity index is 1.32. The number of hydrogen-bond donors (Lipinski definition) is 1. The van der Waals surface area contributed by atoms with E-state index < -0.39 is 16.0 Å². The van der Waals surface area contributed by atoms with Gasteiger partial charge in [-0.3, -0.25) is 9.35 Å². The van der Waals surface area contributed by atoms with Gasteiger partial charge in [0.05, 0.1) is 18.3 Å². The van der Waals surface area contributed by atoms with E-state index in [0.717, 1.165) is 36.3 Å². The van der Waals surface area contributed by atoms with E-state index in [1.54, 1.807) is 18.5 Å². The van der Waals surface area contributed by atoms with Crippen molar-refractivity contribution in [1.82, 2.24) is 19.8 Å². The number of aryl methyl sites for hydroxylation is 1. The van der Waals surface area contributed by atoms with Crippen molar-refractivity contribution in [3.8, 4) is 0 Å². The molecule has 1 aromatic heterocycles. The predicted octanol–water partition coefficient (Wildman–Crippen LogP) is 2.84. The van der Waals surface area contributed by atoms with Gasteiger partial charge in [-0.15, -0.1) is 0 Å². The number of rotatable bonds is 10. The van der Waals surface area contributed by atoms with Crippen LogP contribution in [-0.4, -0.2) is 103 Å². The minimum absolute atomic E-state index is 0.00258. The minimum atomic E-state index is -4.14. The Morgan fingerprint density at radius 1 is 1.18 bits per heavy atom. The van der Waals surface area contributed by atoms with Crippen LogP contribution in [0.1, 0.15) is 48.4 Å². The summed E-state index contributed by atoms with van der Waals surface area (Å²) < 4.78 is 38.1. The number of fused-ring (bicyclic) bond motifs is 1. The van der Waals surface area contributed by atoms with Crippen LogP contribution in [0.25, 0.3) is 0 Å². The Kier molecular flexibility index (Phi) is 9.26. The summed E-state index contributed by atoms with van der Waals surface area (Å²) >= 11 is 6.16. The Morgan fingerprint density at radius 2 is 1.93 bits per heavy atom. The third-order valence-electron chi connectivity index (χ3n) is 8.36. The van der Waals surface area contributed by atoms with Gasteiger partial charge in [-0.1, -0.05) is 30.7 Å². The lowest BCUT2D eigenvalue weighted by atomic mass is 9.95. The van der Waals surface area contributed by atoms with Gasteiger partial charge in [0, 0.05) is 68.7 Å². The average molecular weight is 592 g/mol. The lowest BCUT2D eigenvalue weighted by molar-refractivity contribution is -0.133. The zero-order valence-electron chi connectivity index (χ0n) is 22.9. The molecule has 1 aromatic carbocycles. The first-order valence-electron chi connectivity index (χ1n) is 14.1. The molecule has 3 atom stereocenters. The van der Waals surface area contributed by atoms with Crippen molar-refractivity contribution >= 4 is 33.4 Å². The highest BCUT2D eigenvalue weighted by atomic mass is 35.5. The van der Waals surface area contributed by atoms with Gasteiger partial charge in [0.25, 0.3) is 10.1 Å². The smallest absolute Gasteiger partial charge is 0.266 e. The fourth-order valence-corrected chi connectivity index (χ4v) is 6.72. The van der Waals surface area contributed by atoms with Crippen LogP contribution in [0, 0.1) is 5.92 Å². The zero-order chi connectivity index (χ0) is 28.3. The van der Waals surface area contributed by atoms with Crippen molar-refractivity contribution in [2.45, 2.75) is 38.0 Å². The number of nitrogens with zero attached hydrogens (tertiary/aromatic N) is 5. The van der Waals surface area contributed by atoms with Crippen molar-refractivity contribution in [2.24, 2.45) is 5.92 Å². The molecule has 3 heterocycles. The van der Waals surface area contributed by atoms with Crippen LogP contribution in [0.2, 0.25) is 5.02 Å². The summed E-state index contributed by atoms with van der Waals surface area (Å²) in [7, 11) is -4.14. The number of ether oxygens (including phenoxy) is 1. The van der Waals surface area contributed by atoms with E-state index in [9.17, 15) is 17.8 Å². The summed E-state index contributed by atoms with van der Waals surface area (Å²) in [5.74, 6) is 0.787. The Labute approximate surface area is 241 Å². The summed E-state index contributed by atoms with van der Waals surface area (Å²) in [6.07, 6.45) is 4.60. The highest BCUT2D eigenvalue weighted by molar-refractivity contribution is 7.85. The van der Waals surface area contributed by atoms with E-state index in [-0.39, 0.29) is 24.1 Å². The maximum absolute atomic E-state index is 14.1. The van der Waals surface area contributed by atoms with Crippen molar-refractivity contribution in [3.63, 3.8) is 0 Å². The number of piperazine rings is 1. The molecule has 218 valence electrons. The fourth-order valence-electron chi connectivity index (χ4n) is 6.11. The second-order valence-corrected chi connectivity index (χ2v) is 13.2. The van der Waals surface area contributed by atoms with Crippen LogP contribution in [0.5, 0.6) is 0 Å². The topological polar surface area (TPSA) is 116 Å². The molecule has 0 saturated carbocycles. The predicted molar refractivity (Wildman–Crippen MR) is 154 cm³/mol. The van der Waals surface area contributed by atoms with Crippen molar-refractivity contribution in [1.29, 1.82) is 0 Å². The van der Waals surface area contributed by atoms with Crippen LogP contribution >= 0.6 is 11.6 Å². The fraction of sp³-hybridized carbons (Fsp3) is 0.607. The van der Waals surface area contributed by atoms with Gasteiger partial charge < -0.3 is 19.4 Å². The summed E-state index contributed by atoms with van der Waals surface area (Å²) in [5, 5.41) is 0.585. The molecule has 1 N–H and O–H groups in total. The molecule has 5 rings (SSSR count). The Bertz CT molecular complexity index is 1280. The minimum Gasteiger partial charge on any atom is -0.381 e. The molecule has 2 saturated heterocycles. The van der Waals surface area contributed by atoms with Crippen LogP contribution in [0.3, 0.4) is 0 Å². The molecule has 2 fully saturated rings. The molecule has 0 spiro atoms. The first-order chi connectivity index (χ1) is 19.2. The molecule has 2 aromatic rings. The summed E-state index contributed by atoms with van der Waals surface area (Å²) in [4.78, 5) is 29.3. The van der Waals surface area contributed by atoms with Crippen molar-refractivity contribution in [2.75, 3.05) is 69.7 Å². The maximum Gasteiger partial charge on any atom is 0.266 e. The first-order valence-corrected chi connectivity index (χ1v) is 16.0. The first kappa shape index (κ1) is 29.2. The maximum atomic E-state index is 14.1. The summed E-state index contributed by atoms with van der Waals surface area (Å²) in [6.45, 7) is 7.07. The van der Waals surface area contributed by atoms with Crippen LogP contribution < -0.4 is 4.90 Å². The SMILES string of the molecule is CC1CCc2ncnc(N3CCN(C(=O)C(CN(CCS(=O)(=O)O)CC4CCOC4)c4ccc(Cl)cc4)CC3)c21. The van der Waals surface area contributed by atoms with E-state index in [0.29, 0.717) is 63.4 Å². The molecule has 10 nitrogen and oxygen atoms in total. The molecular weight excluding hydrogens is 554 g/mol. The van der Waals surface area contributed by atoms with E-state index in [4.69, 9.17) is 16.3 Å². The molecule has 0 bridgehead atoms. The van der Waals surface area contributed by atoms with Gasteiger partial charge in [0.15, 0.2) is 0 Å². The van der Waals surface area contributed by atoms with Gasteiger partial charge in [-0.2, -0.15) is 8.42 Å². The number of carbonyl (C=O) groups is 1. The molecule has 40 heavy (non-hydrogen) atoms. The number of aromatic nitrogens is 2. The highest BCUT2D eigenvalue weighted by Gasteiger charge is 2.33. The second kappa shape index (κ2) is 12.7. The molecule has 3 unspecified atom stereocenters. The largest absolute Gasteiger partial charge is 0.381 e. The molecule has 1 aliphatic carbocycles. The standard InChI is InChI=1S/C28H38ClN5O5S/c1-20-2-7-25-26(20)27(31-19-30-25)33-9-11-34(12-10-33)28(35)24(22-3-5-23(29)6-4-22)17-32(13-15-40(36,37)38)16-21-8-14-39-18-21/h3-6,19-21,24H,2,7-18H2,1H3,(H,36,37,38). The lowest BCUT2D eigenvalue weighted by Crippen LogP contribution is -2.52. The highest BCUT2D eigenvalue weighted by Crippen LogP contribution is 2.37. The average Bonchev–Trinajstić information content (AvgIpc) is 3.60. The van der Waals surface area contributed by atoms with Gasteiger partial charge in [-0.05, 0) is 48.8 Å². The van der Waals surface area contributed by atoms with E-state index in [1.165, 1.54) is 5.56 Å². The number of amides is 1. The number of halogens is 1. The van der Waals surface area contributed by atoms with Crippen LogP contribution in [0.15, 0.2) is 30.6 Å². The number of hydrogen-bond acceptors (Lipinski definition) is 8. The van der Waals surface area contributed by atoms with Crippen molar-refractivity contribution in [3.05, 3.63) is 52.4 Å². The van der Waals surface area contributed by atoms with E-state index >= 15 is 0 Å². The quantitative estimate of drug-likeness (QED) is 0.416. The Hall–Kier alpha value is -2.31. The van der Waals surface area contributed by atoms with Gasteiger partial charge in [0.2, 0.25) is 5.91 Å². The monoisotopic (exact) mass is 591 g/mol. The molecule has 1 amide bonds. The second-order valence-electron chi connectivity index (χ2n) is 11.2. The normalized spacial score (nSPS) is 22.1. The molecular formula is C28H38ClN5O5S. The molecule has 3 aliphatic rings. The molecule has 0 radical (unpaired) electrons. The molecule has 2 aliphatic heterocycles. The third kappa shape index (κ3) is 7.12. The van der Waals surface area contributed by atoms with Crippen LogP contribution in [0.4, 0.5) is 5.82 Å². The molecule has 12 heteroatoms. The zero-order valence-corrected chi connectivity index (χ0v) is 24.5. The third-order valence-corrected chi connectivity index (χ3v) is 9.31.